The number of carbonyl (C=O) groups excluding carboxylic acids is 1. The van der Waals surface area contributed by atoms with Crippen LogP contribution in [0, 0.1) is 13.8 Å². The Kier molecular flexibility index (Phi) is 4.99. The Hall–Kier alpha value is -1.76. The fourth-order valence-corrected chi connectivity index (χ4v) is 4.31. The van der Waals surface area contributed by atoms with Crippen LogP contribution in [-0.2, 0) is 0 Å². The fourth-order valence-electron chi connectivity index (χ4n) is 2.60. The van der Waals surface area contributed by atoms with Gasteiger partial charge in [0, 0.05) is 13.1 Å². The third-order valence-corrected chi connectivity index (χ3v) is 5.87. The molecule has 0 aliphatic rings. The third-order valence-electron chi connectivity index (χ3n) is 3.79. The molecule has 0 saturated carbocycles. The predicted octanol–water partition coefficient (Wildman–Crippen LogP) is 4.18. The first-order chi connectivity index (χ1) is 11.5. The van der Waals surface area contributed by atoms with Crippen LogP contribution >= 0.6 is 22.7 Å². The summed E-state index contributed by atoms with van der Waals surface area (Å²) in [6, 6.07) is 8.03. The molecule has 0 bridgehead atoms. The number of aryl methyl sites for hydroxylation is 2. The molecule has 0 spiro atoms. The van der Waals surface area contributed by atoms with Gasteiger partial charge in [0.05, 0.1) is 15.1 Å². The molecular formula is C18H21N3OS2. The number of rotatable bonds is 5. The van der Waals surface area contributed by atoms with Gasteiger partial charge in [-0.3, -0.25) is 9.69 Å². The number of thiophene rings is 1. The number of hydrogen-bond acceptors (Lipinski definition) is 5. The van der Waals surface area contributed by atoms with E-state index in [1.165, 1.54) is 22.5 Å². The number of fused-ring (bicyclic) bond motifs is 1. The smallest absolute Gasteiger partial charge is 0.270 e. The first kappa shape index (κ1) is 17.1. The van der Waals surface area contributed by atoms with Crippen LogP contribution in [0.1, 0.15) is 20.8 Å². The van der Waals surface area contributed by atoms with Crippen LogP contribution in [0.2, 0.25) is 0 Å². The van der Waals surface area contributed by atoms with E-state index in [1.807, 2.05) is 36.5 Å². The molecule has 0 saturated heterocycles. The van der Waals surface area contributed by atoms with Crippen molar-refractivity contribution in [3.63, 3.8) is 0 Å². The monoisotopic (exact) mass is 359 g/mol. The number of carbonyl (C=O) groups is 1. The van der Waals surface area contributed by atoms with E-state index in [-0.39, 0.29) is 5.91 Å². The molecular weight excluding hydrogens is 338 g/mol. The summed E-state index contributed by atoms with van der Waals surface area (Å²) in [7, 11) is 4.03. The predicted molar refractivity (Wildman–Crippen MR) is 104 cm³/mol. The van der Waals surface area contributed by atoms with E-state index in [4.69, 9.17) is 4.98 Å². The van der Waals surface area contributed by atoms with Crippen LogP contribution in [0.4, 0.5) is 5.13 Å². The van der Waals surface area contributed by atoms with E-state index in [2.05, 4.69) is 30.9 Å². The molecule has 2 heterocycles. The number of thiazole rings is 1. The maximum atomic E-state index is 12.9. The Balaban J connectivity index is 2.01. The van der Waals surface area contributed by atoms with Gasteiger partial charge in [-0.15, -0.1) is 11.3 Å². The van der Waals surface area contributed by atoms with Gasteiger partial charge in [0.15, 0.2) is 5.13 Å². The lowest BCUT2D eigenvalue weighted by molar-refractivity contribution is 0.0989. The van der Waals surface area contributed by atoms with Crippen LogP contribution in [0.3, 0.4) is 0 Å². The van der Waals surface area contributed by atoms with Crippen LogP contribution in [0.5, 0.6) is 0 Å². The summed E-state index contributed by atoms with van der Waals surface area (Å²) in [5.74, 6) is 0.0280. The lowest BCUT2D eigenvalue weighted by Gasteiger charge is -2.21. The molecule has 24 heavy (non-hydrogen) atoms. The van der Waals surface area contributed by atoms with Crippen molar-refractivity contribution < 1.29 is 4.79 Å². The summed E-state index contributed by atoms with van der Waals surface area (Å²) < 4.78 is 1.16. The number of likely N-dealkylation sites (N-methyl/N-ethyl adjacent to an activating group) is 1. The van der Waals surface area contributed by atoms with Gasteiger partial charge in [-0.1, -0.05) is 23.5 Å². The summed E-state index contributed by atoms with van der Waals surface area (Å²) in [5.41, 5.74) is 3.38. The van der Waals surface area contributed by atoms with Gasteiger partial charge >= 0.3 is 0 Å². The Morgan fingerprint density at radius 2 is 2.00 bits per heavy atom. The third kappa shape index (κ3) is 3.50. The van der Waals surface area contributed by atoms with E-state index < -0.39 is 0 Å². The first-order valence-electron chi connectivity index (χ1n) is 7.83. The van der Waals surface area contributed by atoms with Crippen molar-refractivity contribution in [2.45, 2.75) is 13.8 Å². The van der Waals surface area contributed by atoms with Crippen molar-refractivity contribution in [2.75, 3.05) is 32.1 Å². The molecule has 0 aliphatic heterocycles. The second-order valence-corrected chi connectivity index (χ2v) is 8.09. The zero-order chi connectivity index (χ0) is 17.3. The quantitative estimate of drug-likeness (QED) is 0.685. The van der Waals surface area contributed by atoms with E-state index in [1.54, 1.807) is 11.3 Å². The summed E-state index contributed by atoms with van der Waals surface area (Å²) in [5, 5.41) is 2.71. The maximum Gasteiger partial charge on any atom is 0.270 e. The van der Waals surface area contributed by atoms with Gasteiger partial charge in [0.25, 0.3) is 5.91 Å². The van der Waals surface area contributed by atoms with Gasteiger partial charge in [0.2, 0.25) is 0 Å². The fraction of sp³-hybridized carbons (Fsp3) is 0.333. The van der Waals surface area contributed by atoms with Crippen LogP contribution in [0.15, 0.2) is 29.6 Å². The van der Waals surface area contributed by atoms with Gasteiger partial charge < -0.3 is 4.90 Å². The second-order valence-electron chi connectivity index (χ2n) is 6.16. The van der Waals surface area contributed by atoms with Crippen molar-refractivity contribution in [1.82, 2.24) is 9.88 Å². The molecule has 0 aliphatic carbocycles. The van der Waals surface area contributed by atoms with Crippen molar-refractivity contribution in [3.05, 3.63) is 45.6 Å². The summed E-state index contributed by atoms with van der Waals surface area (Å²) in [6.07, 6.45) is 0. The topological polar surface area (TPSA) is 36.4 Å². The zero-order valence-corrected chi connectivity index (χ0v) is 16.0. The number of aromatic nitrogens is 1. The lowest BCUT2D eigenvalue weighted by Crippen LogP contribution is -2.36. The van der Waals surface area contributed by atoms with Crippen molar-refractivity contribution in [2.24, 2.45) is 0 Å². The number of hydrogen-bond donors (Lipinski definition) is 0. The molecule has 4 nitrogen and oxygen atoms in total. The minimum atomic E-state index is 0.0280. The van der Waals surface area contributed by atoms with Gasteiger partial charge in [-0.05, 0) is 56.6 Å². The molecule has 0 atom stereocenters. The molecule has 126 valence electrons. The summed E-state index contributed by atoms with van der Waals surface area (Å²) in [4.78, 5) is 22.3. The summed E-state index contributed by atoms with van der Waals surface area (Å²) in [6.45, 7) is 5.60. The van der Waals surface area contributed by atoms with Gasteiger partial charge in [-0.2, -0.15) is 0 Å². The molecule has 1 aromatic carbocycles. The number of amides is 1. The standard InChI is InChI=1S/C18H21N3OS2/c1-12-10-13(2)16-14(11-12)19-18(24-16)21(8-7-20(3)4)17(22)15-6-5-9-23-15/h5-6,9-11H,7-8H2,1-4H3. The van der Waals surface area contributed by atoms with E-state index in [0.29, 0.717) is 6.54 Å². The van der Waals surface area contributed by atoms with Crippen molar-refractivity contribution in [1.29, 1.82) is 0 Å². The SMILES string of the molecule is Cc1cc(C)c2sc(N(CCN(C)C)C(=O)c3cccs3)nc2c1. The first-order valence-corrected chi connectivity index (χ1v) is 9.53. The van der Waals surface area contributed by atoms with Crippen LogP contribution in [0.25, 0.3) is 10.2 Å². The Morgan fingerprint density at radius 3 is 2.67 bits per heavy atom. The minimum Gasteiger partial charge on any atom is -0.308 e. The molecule has 0 N–H and O–H groups in total. The average molecular weight is 360 g/mol. The lowest BCUT2D eigenvalue weighted by atomic mass is 10.1. The highest BCUT2D eigenvalue weighted by Crippen LogP contribution is 2.33. The molecule has 3 aromatic rings. The minimum absolute atomic E-state index is 0.0280. The highest BCUT2D eigenvalue weighted by atomic mass is 32.1. The largest absolute Gasteiger partial charge is 0.308 e. The number of anilines is 1. The second kappa shape index (κ2) is 7.01. The Morgan fingerprint density at radius 1 is 1.21 bits per heavy atom. The molecule has 0 unspecified atom stereocenters. The van der Waals surface area contributed by atoms with Crippen LogP contribution < -0.4 is 4.90 Å². The van der Waals surface area contributed by atoms with Gasteiger partial charge in [0.1, 0.15) is 0 Å². The highest BCUT2D eigenvalue weighted by Gasteiger charge is 2.22. The van der Waals surface area contributed by atoms with Crippen molar-refractivity contribution in [3.8, 4) is 0 Å². The Bertz CT molecular complexity index is 853. The molecule has 0 radical (unpaired) electrons. The molecule has 3 rings (SSSR count). The average Bonchev–Trinajstić information content (AvgIpc) is 3.16. The van der Waals surface area contributed by atoms with Gasteiger partial charge in [-0.25, -0.2) is 4.98 Å². The normalized spacial score (nSPS) is 11.4. The molecule has 2 aromatic heterocycles. The summed E-state index contributed by atoms with van der Waals surface area (Å²) >= 11 is 3.07. The number of nitrogens with zero attached hydrogens (tertiary/aromatic N) is 3. The van der Waals surface area contributed by atoms with Crippen LogP contribution in [-0.4, -0.2) is 43.0 Å². The van der Waals surface area contributed by atoms with E-state index >= 15 is 0 Å². The maximum absolute atomic E-state index is 12.9. The molecule has 6 heteroatoms. The molecule has 1 amide bonds. The van der Waals surface area contributed by atoms with Crippen molar-refractivity contribution >= 4 is 43.9 Å². The highest BCUT2D eigenvalue weighted by molar-refractivity contribution is 7.22. The van der Waals surface area contributed by atoms with E-state index in [0.717, 1.165) is 26.8 Å². The zero-order valence-electron chi connectivity index (χ0n) is 14.4. The van der Waals surface area contributed by atoms with E-state index in [9.17, 15) is 4.79 Å². The Labute approximate surface area is 150 Å². The molecule has 0 fully saturated rings. The number of benzene rings is 1.